The van der Waals surface area contributed by atoms with Crippen molar-refractivity contribution in [3.8, 4) is 0 Å². The normalized spacial score (nSPS) is 33.7. The lowest BCUT2D eigenvalue weighted by Gasteiger charge is -2.31. The third-order valence-electron chi connectivity index (χ3n) is 2.68. The monoisotopic (exact) mass is 140 g/mol. The largest absolute Gasteiger partial charge is 0.395 e. The van der Waals surface area contributed by atoms with E-state index in [4.69, 9.17) is 5.11 Å². The van der Waals surface area contributed by atoms with Crippen molar-refractivity contribution >= 4 is 0 Å². The van der Waals surface area contributed by atoms with Gasteiger partial charge in [0.15, 0.2) is 0 Å². The van der Waals surface area contributed by atoms with Crippen LogP contribution in [0.5, 0.6) is 0 Å². The van der Waals surface area contributed by atoms with Crippen LogP contribution in [0.4, 0.5) is 0 Å². The summed E-state index contributed by atoms with van der Waals surface area (Å²) in [6.07, 6.45) is 5.82. The minimum Gasteiger partial charge on any atom is -0.395 e. The zero-order chi connectivity index (χ0) is 7.61. The first-order valence-corrected chi connectivity index (χ1v) is 3.97. The van der Waals surface area contributed by atoms with Crippen molar-refractivity contribution < 1.29 is 5.11 Å². The van der Waals surface area contributed by atoms with Gasteiger partial charge in [0.25, 0.3) is 0 Å². The highest BCUT2D eigenvalue weighted by Crippen LogP contribution is 2.35. The third kappa shape index (κ3) is 1.24. The average Bonchev–Trinajstić information content (AvgIpc) is 1.96. The molecule has 0 saturated heterocycles. The molecule has 1 unspecified atom stereocenters. The molecule has 1 nitrogen and oxygen atoms in total. The van der Waals surface area contributed by atoms with Crippen LogP contribution in [0.2, 0.25) is 0 Å². The van der Waals surface area contributed by atoms with Gasteiger partial charge < -0.3 is 5.11 Å². The highest BCUT2D eigenvalue weighted by Gasteiger charge is 2.26. The van der Waals surface area contributed by atoms with Crippen LogP contribution in [-0.2, 0) is 0 Å². The molecular formula is C9H16O. The Morgan fingerprint density at radius 2 is 2.40 bits per heavy atom. The molecule has 1 aliphatic carbocycles. The Morgan fingerprint density at radius 1 is 1.70 bits per heavy atom. The van der Waals surface area contributed by atoms with Crippen LogP contribution in [-0.4, -0.2) is 11.7 Å². The molecule has 0 fully saturated rings. The van der Waals surface area contributed by atoms with E-state index in [1.165, 1.54) is 18.4 Å². The molecule has 0 aromatic rings. The second-order valence-electron chi connectivity index (χ2n) is 3.50. The molecule has 1 heteroatoms. The number of hydrogen-bond donors (Lipinski definition) is 1. The Labute approximate surface area is 62.8 Å². The summed E-state index contributed by atoms with van der Waals surface area (Å²) in [6, 6.07) is 0. The van der Waals surface area contributed by atoms with E-state index in [2.05, 4.69) is 19.9 Å². The van der Waals surface area contributed by atoms with E-state index in [0.29, 0.717) is 6.61 Å². The molecule has 0 aliphatic heterocycles. The van der Waals surface area contributed by atoms with Gasteiger partial charge in [0.2, 0.25) is 0 Å². The highest BCUT2D eigenvalue weighted by molar-refractivity contribution is 5.13. The molecule has 0 radical (unpaired) electrons. The predicted molar refractivity (Wildman–Crippen MR) is 42.8 cm³/mol. The van der Waals surface area contributed by atoms with Crippen molar-refractivity contribution in [2.24, 2.45) is 5.41 Å². The number of aliphatic hydroxyl groups excluding tert-OH is 1. The molecule has 0 amide bonds. The van der Waals surface area contributed by atoms with E-state index in [1.54, 1.807) is 0 Å². The lowest BCUT2D eigenvalue weighted by atomic mass is 9.75. The first-order valence-electron chi connectivity index (χ1n) is 3.97. The predicted octanol–water partition coefficient (Wildman–Crippen LogP) is 2.12. The summed E-state index contributed by atoms with van der Waals surface area (Å²) in [5.41, 5.74) is 1.46. The second-order valence-corrected chi connectivity index (χ2v) is 3.50. The number of rotatable bonds is 1. The summed E-state index contributed by atoms with van der Waals surface area (Å²) < 4.78 is 0. The fourth-order valence-electron chi connectivity index (χ4n) is 1.46. The van der Waals surface area contributed by atoms with Crippen molar-refractivity contribution in [1.29, 1.82) is 0 Å². The van der Waals surface area contributed by atoms with Crippen molar-refractivity contribution in [3.63, 3.8) is 0 Å². The molecule has 0 heterocycles. The lowest BCUT2D eigenvalue weighted by Crippen LogP contribution is -2.24. The minimum absolute atomic E-state index is 0.0955. The van der Waals surface area contributed by atoms with Crippen molar-refractivity contribution in [1.82, 2.24) is 0 Å². The third-order valence-corrected chi connectivity index (χ3v) is 2.68. The maximum absolute atomic E-state index is 9.08. The Kier molecular flexibility index (Phi) is 2.14. The standard InChI is InChI=1S/C9H16O/c1-8-5-3-4-6-9(8,2)7-10/h5,10H,3-4,6-7H2,1-2H3. The number of hydrogen-bond acceptors (Lipinski definition) is 1. The summed E-state index contributed by atoms with van der Waals surface area (Å²) in [6.45, 7) is 4.56. The van der Waals surface area contributed by atoms with Crippen LogP contribution < -0.4 is 0 Å². The lowest BCUT2D eigenvalue weighted by molar-refractivity contribution is 0.157. The van der Waals surface area contributed by atoms with Gasteiger partial charge in [0.1, 0.15) is 0 Å². The summed E-state index contributed by atoms with van der Waals surface area (Å²) in [5, 5.41) is 9.08. The van der Waals surface area contributed by atoms with E-state index >= 15 is 0 Å². The molecule has 58 valence electrons. The van der Waals surface area contributed by atoms with Gasteiger partial charge in [0, 0.05) is 5.41 Å². The van der Waals surface area contributed by atoms with Gasteiger partial charge in [-0.15, -0.1) is 0 Å². The minimum atomic E-state index is 0.0955. The number of allylic oxidation sites excluding steroid dienone is 1. The first-order chi connectivity index (χ1) is 4.69. The van der Waals surface area contributed by atoms with E-state index in [0.717, 1.165) is 6.42 Å². The molecular weight excluding hydrogens is 124 g/mol. The zero-order valence-corrected chi connectivity index (χ0v) is 6.85. The fourth-order valence-corrected chi connectivity index (χ4v) is 1.46. The fraction of sp³-hybridized carbons (Fsp3) is 0.778. The van der Waals surface area contributed by atoms with E-state index in [1.807, 2.05) is 0 Å². The maximum Gasteiger partial charge on any atom is 0.0521 e. The van der Waals surface area contributed by atoms with Gasteiger partial charge in [-0.1, -0.05) is 18.6 Å². The molecule has 1 N–H and O–H groups in total. The zero-order valence-electron chi connectivity index (χ0n) is 6.85. The van der Waals surface area contributed by atoms with E-state index in [9.17, 15) is 0 Å². The van der Waals surface area contributed by atoms with Gasteiger partial charge in [0.05, 0.1) is 6.61 Å². The molecule has 0 saturated carbocycles. The van der Waals surface area contributed by atoms with Gasteiger partial charge in [-0.05, 0) is 26.2 Å². The Morgan fingerprint density at radius 3 is 2.80 bits per heavy atom. The van der Waals surface area contributed by atoms with Crippen LogP contribution in [0, 0.1) is 5.41 Å². The summed E-state index contributed by atoms with van der Waals surface area (Å²) in [5.74, 6) is 0. The quantitative estimate of drug-likeness (QED) is 0.553. The summed E-state index contributed by atoms with van der Waals surface area (Å²) >= 11 is 0. The van der Waals surface area contributed by atoms with Crippen LogP contribution >= 0.6 is 0 Å². The molecule has 1 aliphatic rings. The van der Waals surface area contributed by atoms with Gasteiger partial charge in [-0.25, -0.2) is 0 Å². The Bertz CT molecular complexity index is 149. The van der Waals surface area contributed by atoms with Crippen molar-refractivity contribution in [3.05, 3.63) is 11.6 Å². The van der Waals surface area contributed by atoms with Crippen molar-refractivity contribution in [2.75, 3.05) is 6.61 Å². The van der Waals surface area contributed by atoms with Crippen LogP contribution in [0.1, 0.15) is 33.1 Å². The van der Waals surface area contributed by atoms with Gasteiger partial charge in [-0.3, -0.25) is 0 Å². The van der Waals surface area contributed by atoms with Crippen LogP contribution in [0.15, 0.2) is 11.6 Å². The molecule has 0 bridgehead atoms. The summed E-state index contributed by atoms with van der Waals surface area (Å²) in [4.78, 5) is 0. The SMILES string of the molecule is CC1=CCCCC1(C)CO. The molecule has 0 aromatic carbocycles. The second kappa shape index (κ2) is 2.75. The van der Waals surface area contributed by atoms with E-state index < -0.39 is 0 Å². The topological polar surface area (TPSA) is 20.2 Å². The molecule has 10 heavy (non-hydrogen) atoms. The van der Waals surface area contributed by atoms with Crippen LogP contribution in [0.3, 0.4) is 0 Å². The van der Waals surface area contributed by atoms with E-state index in [-0.39, 0.29) is 5.41 Å². The summed E-state index contributed by atoms with van der Waals surface area (Å²) in [7, 11) is 0. The molecule has 1 rings (SSSR count). The highest BCUT2D eigenvalue weighted by atomic mass is 16.3. The maximum atomic E-state index is 9.08. The molecule has 0 spiro atoms. The Balaban J connectivity index is 2.74. The smallest absolute Gasteiger partial charge is 0.0521 e. The van der Waals surface area contributed by atoms with Gasteiger partial charge >= 0.3 is 0 Å². The number of aliphatic hydroxyl groups is 1. The molecule has 1 atom stereocenters. The van der Waals surface area contributed by atoms with Crippen molar-refractivity contribution in [2.45, 2.75) is 33.1 Å². The van der Waals surface area contributed by atoms with Crippen LogP contribution in [0.25, 0.3) is 0 Å². The van der Waals surface area contributed by atoms with Gasteiger partial charge in [-0.2, -0.15) is 0 Å². The first kappa shape index (κ1) is 7.80. The molecule has 0 aromatic heterocycles. The Hall–Kier alpha value is -0.300. The average molecular weight is 140 g/mol.